The first-order chi connectivity index (χ1) is 11.2. The van der Waals surface area contributed by atoms with Crippen molar-refractivity contribution >= 4 is 17.7 Å². The zero-order valence-electron chi connectivity index (χ0n) is 13.0. The normalized spacial score (nSPS) is 18.7. The molecule has 1 N–H and O–H groups in total. The zero-order valence-corrected chi connectivity index (χ0v) is 13.8. The Bertz CT molecular complexity index is 641. The van der Waals surface area contributed by atoms with Gasteiger partial charge in [-0.1, -0.05) is 30.0 Å². The molecule has 0 unspecified atom stereocenters. The van der Waals surface area contributed by atoms with E-state index in [9.17, 15) is 4.79 Å². The Labute approximate surface area is 139 Å². The van der Waals surface area contributed by atoms with E-state index in [4.69, 9.17) is 4.74 Å². The van der Waals surface area contributed by atoms with E-state index >= 15 is 0 Å². The molecule has 0 saturated carbocycles. The largest absolute Gasteiger partial charge is 0.376 e. The lowest BCUT2D eigenvalue weighted by Gasteiger charge is -2.14. The first-order valence-corrected chi connectivity index (χ1v) is 8.63. The van der Waals surface area contributed by atoms with Gasteiger partial charge in [0.1, 0.15) is 6.33 Å². The molecule has 2 atom stereocenters. The third-order valence-electron chi connectivity index (χ3n) is 3.73. The van der Waals surface area contributed by atoms with Gasteiger partial charge in [-0.2, -0.15) is 0 Å². The Hall–Kier alpha value is -1.86. The lowest BCUT2D eigenvalue weighted by molar-refractivity contribution is -0.120. The van der Waals surface area contributed by atoms with E-state index < -0.39 is 0 Å². The van der Waals surface area contributed by atoms with Gasteiger partial charge in [0.25, 0.3) is 0 Å². The second-order valence-corrected chi connectivity index (χ2v) is 6.77. The SMILES string of the molecule is C[C@@H](Sc1nncn1-c1ccccc1)C(=O)NC[C@H]1CCCO1. The van der Waals surface area contributed by atoms with Gasteiger partial charge in [-0.3, -0.25) is 9.36 Å². The van der Waals surface area contributed by atoms with E-state index in [0.29, 0.717) is 11.7 Å². The monoisotopic (exact) mass is 332 g/mol. The predicted octanol–water partition coefficient (Wildman–Crippen LogP) is 2.04. The Morgan fingerprint density at radius 2 is 2.30 bits per heavy atom. The Morgan fingerprint density at radius 1 is 1.48 bits per heavy atom. The van der Waals surface area contributed by atoms with Crippen LogP contribution in [-0.4, -0.2) is 45.2 Å². The average Bonchev–Trinajstić information content (AvgIpc) is 3.25. The van der Waals surface area contributed by atoms with Gasteiger partial charge in [0.05, 0.1) is 11.4 Å². The molecule has 1 fully saturated rings. The first-order valence-electron chi connectivity index (χ1n) is 7.75. The lowest BCUT2D eigenvalue weighted by atomic mass is 10.2. The fourth-order valence-electron chi connectivity index (χ4n) is 2.45. The molecular formula is C16H20N4O2S. The fraction of sp³-hybridized carbons (Fsp3) is 0.438. The Kier molecular flexibility index (Phi) is 5.30. The molecule has 6 nitrogen and oxygen atoms in total. The standard InChI is InChI=1S/C16H20N4O2S/c1-12(15(21)17-10-14-8-5-9-22-14)23-16-19-18-11-20(16)13-6-3-2-4-7-13/h2-4,6-7,11-12,14H,5,8-10H2,1H3,(H,17,21)/t12-,14-/m1/s1. The van der Waals surface area contributed by atoms with Crippen molar-refractivity contribution in [2.24, 2.45) is 0 Å². The molecule has 1 aliphatic heterocycles. The van der Waals surface area contributed by atoms with E-state index in [1.54, 1.807) is 6.33 Å². The molecular weight excluding hydrogens is 312 g/mol. The van der Waals surface area contributed by atoms with Crippen LogP contribution in [0.1, 0.15) is 19.8 Å². The molecule has 1 saturated heterocycles. The van der Waals surface area contributed by atoms with Crippen LogP contribution in [0.2, 0.25) is 0 Å². The van der Waals surface area contributed by atoms with Gasteiger partial charge in [-0.15, -0.1) is 10.2 Å². The first kappa shape index (κ1) is 16.0. The minimum absolute atomic E-state index is 0.00638. The van der Waals surface area contributed by atoms with E-state index in [1.165, 1.54) is 11.8 Å². The number of ether oxygens (including phenoxy) is 1. The highest BCUT2D eigenvalue weighted by Gasteiger charge is 2.21. The summed E-state index contributed by atoms with van der Waals surface area (Å²) in [5.41, 5.74) is 0.979. The third kappa shape index (κ3) is 4.11. The molecule has 1 aromatic heterocycles. The average molecular weight is 332 g/mol. The summed E-state index contributed by atoms with van der Waals surface area (Å²) in [7, 11) is 0. The number of hydrogen-bond acceptors (Lipinski definition) is 5. The van der Waals surface area contributed by atoms with Gasteiger partial charge >= 0.3 is 0 Å². The maximum Gasteiger partial charge on any atom is 0.233 e. The third-order valence-corrected chi connectivity index (χ3v) is 4.79. The minimum Gasteiger partial charge on any atom is -0.376 e. The predicted molar refractivity (Wildman–Crippen MR) is 88.7 cm³/mol. The topological polar surface area (TPSA) is 69.0 Å². The highest BCUT2D eigenvalue weighted by Crippen LogP contribution is 2.23. The molecule has 2 heterocycles. The van der Waals surface area contributed by atoms with Gasteiger partial charge in [0.15, 0.2) is 5.16 Å². The van der Waals surface area contributed by atoms with Crippen molar-refractivity contribution in [1.29, 1.82) is 0 Å². The van der Waals surface area contributed by atoms with Crippen molar-refractivity contribution < 1.29 is 9.53 Å². The number of amides is 1. The van der Waals surface area contributed by atoms with Gasteiger partial charge in [0.2, 0.25) is 5.91 Å². The zero-order chi connectivity index (χ0) is 16.1. The van der Waals surface area contributed by atoms with Crippen molar-refractivity contribution in [3.63, 3.8) is 0 Å². The minimum atomic E-state index is -0.247. The van der Waals surface area contributed by atoms with Crippen LogP contribution in [0.3, 0.4) is 0 Å². The van der Waals surface area contributed by atoms with Crippen molar-refractivity contribution in [2.75, 3.05) is 13.2 Å². The molecule has 0 bridgehead atoms. The van der Waals surface area contributed by atoms with Crippen LogP contribution in [0.5, 0.6) is 0 Å². The molecule has 7 heteroatoms. The van der Waals surface area contributed by atoms with E-state index in [1.807, 2.05) is 41.8 Å². The van der Waals surface area contributed by atoms with E-state index in [0.717, 1.165) is 25.1 Å². The van der Waals surface area contributed by atoms with E-state index in [2.05, 4.69) is 15.5 Å². The fourth-order valence-corrected chi connectivity index (χ4v) is 3.31. The number of nitrogens with zero attached hydrogens (tertiary/aromatic N) is 3. The molecule has 0 spiro atoms. The number of benzene rings is 1. The van der Waals surface area contributed by atoms with Crippen LogP contribution < -0.4 is 5.32 Å². The number of carbonyl (C=O) groups is 1. The Balaban J connectivity index is 1.58. The highest BCUT2D eigenvalue weighted by atomic mass is 32.2. The van der Waals surface area contributed by atoms with Crippen LogP contribution in [0, 0.1) is 0 Å². The summed E-state index contributed by atoms with van der Waals surface area (Å²) in [6.45, 7) is 3.25. The quantitative estimate of drug-likeness (QED) is 0.820. The molecule has 0 aliphatic carbocycles. The van der Waals surface area contributed by atoms with Crippen LogP contribution in [0.25, 0.3) is 5.69 Å². The van der Waals surface area contributed by atoms with Crippen molar-refractivity contribution in [3.05, 3.63) is 36.7 Å². The number of rotatable bonds is 6. The Morgan fingerprint density at radius 3 is 3.04 bits per heavy atom. The van der Waals surface area contributed by atoms with Crippen molar-refractivity contribution in [3.8, 4) is 5.69 Å². The number of carbonyl (C=O) groups excluding carboxylic acids is 1. The highest BCUT2D eigenvalue weighted by molar-refractivity contribution is 8.00. The second kappa shape index (κ2) is 7.61. The lowest BCUT2D eigenvalue weighted by Crippen LogP contribution is -2.36. The van der Waals surface area contributed by atoms with E-state index in [-0.39, 0.29) is 17.3 Å². The van der Waals surface area contributed by atoms with Crippen LogP contribution in [-0.2, 0) is 9.53 Å². The molecule has 1 aromatic carbocycles. The summed E-state index contributed by atoms with van der Waals surface area (Å²) in [5.74, 6) is -0.00638. The molecule has 0 radical (unpaired) electrons. The van der Waals surface area contributed by atoms with Gasteiger partial charge in [0, 0.05) is 18.8 Å². The summed E-state index contributed by atoms with van der Waals surface area (Å²) >= 11 is 1.40. The summed E-state index contributed by atoms with van der Waals surface area (Å²) in [6.07, 6.45) is 3.91. The molecule has 1 aliphatic rings. The smallest absolute Gasteiger partial charge is 0.233 e. The number of thioether (sulfide) groups is 1. The number of aromatic nitrogens is 3. The maximum absolute atomic E-state index is 12.2. The summed E-state index contributed by atoms with van der Waals surface area (Å²) in [6, 6.07) is 9.84. The van der Waals surface area contributed by atoms with Crippen molar-refractivity contribution in [2.45, 2.75) is 36.3 Å². The van der Waals surface area contributed by atoms with Gasteiger partial charge in [-0.05, 0) is 31.9 Å². The van der Waals surface area contributed by atoms with Crippen molar-refractivity contribution in [1.82, 2.24) is 20.1 Å². The maximum atomic E-state index is 12.2. The molecule has 1 amide bonds. The molecule has 23 heavy (non-hydrogen) atoms. The molecule has 2 aromatic rings. The van der Waals surface area contributed by atoms with Crippen LogP contribution in [0.15, 0.2) is 41.8 Å². The van der Waals surface area contributed by atoms with Crippen LogP contribution in [0.4, 0.5) is 0 Å². The summed E-state index contributed by atoms with van der Waals surface area (Å²) in [5, 5.41) is 11.5. The van der Waals surface area contributed by atoms with Crippen LogP contribution >= 0.6 is 11.8 Å². The number of hydrogen-bond donors (Lipinski definition) is 1. The number of para-hydroxylation sites is 1. The number of nitrogens with one attached hydrogen (secondary N) is 1. The summed E-state index contributed by atoms with van der Waals surface area (Å²) < 4.78 is 7.40. The second-order valence-electron chi connectivity index (χ2n) is 5.46. The van der Waals surface area contributed by atoms with Gasteiger partial charge in [-0.25, -0.2) is 0 Å². The molecule has 3 rings (SSSR count). The summed E-state index contributed by atoms with van der Waals surface area (Å²) in [4.78, 5) is 12.2. The van der Waals surface area contributed by atoms with Gasteiger partial charge < -0.3 is 10.1 Å². The molecule has 122 valence electrons.